The third-order valence-corrected chi connectivity index (χ3v) is 4.19. The summed E-state index contributed by atoms with van der Waals surface area (Å²) in [5.41, 5.74) is 1.09. The number of para-hydroxylation sites is 2. The molecule has 0 saturated heterocycles. The van der Waals surface area contributed by atoms with Crippen molar-refractivity contribution < 1.29 is 18.4 Å². The molecule has 0 bridgehead atoms. The lowest BCUT2D eigenvalue weighted by molar-refractivity contribution is 0.0999. The van der Waals surface area contributed by atoms with E-state index in [9.17, 15) is 14.0 Å². The van der Waals surface area contributed by atoms with E-state index in [-0.39, 0.29) is 17.0 Å². The van der Waals surface area contributed by atoms with E-state index in [1.807, 2.05) is 6.07 Å². The maximum atomic E-state index is 14.0. The molecule has 2 amide bonds. The van der Waals surface area contributed by atoms with Crippen LogP contribution in [0.3, 0.4) is 0 Å². The standard InChI is InChI=1S/C22H15FN2O3/c23-17-12-6-4-10-15(17)21(26)25-19-16-11-5-7-13-18(16)28-20(19)22(27)24-14-8-2-1-3-9-14/h1-13H,(H,24,27)(H,25,26). The van der Waals surface area contributed by atoms with Crippen molar-refractivity contribution in [1.29, 1.82) is 0 Å². The molecule has 1 heterocycles. The van der Waals surface area contributed by atoms with E-state index in [1.54, 1.807) is 54.6 Å². The summed E-state index contributed by atoms with van der Waals surface area (Å²) in [5.74, 6) is -1.90. The van der Waals surface area contributed by atoms with Gasteiger partial charge in [0.2, 0.25) is 5.76 Å². The number of carbonyl (C=O) groups is 2. The van der Waals surface area contributed by atoms with Crippen LogP contribution in [0, 0.1) is 5.82 Å². The number of amides is 2. The van der Waals surface area contributed by atoms with Crippen molar-refractivity contribution in [3.8, 4) is 0 Å². The lowest BCUT2D eigenvalue weighted by Gasteiger charge is -2.08. The molecule has 0 unspecified atom stereocenters. The number of hydrogen-bond acceptors (Lipinski definition) is 3. The number of nitrogens with one attached hydrogen (secondary N) is 2. The third kappa shape index (κ3) is 3.35. The van der Waals surface area contributed by atoms with Crippen molar-refractivity contribution in [3.63, 3.8) is 0 Å². The Morgan fingerprint density at radius 3 is 2.21 bits per heavy atom. The summed E-state index contributed by atoms with van der Waals surface area (Å²) in [6.07, 6.45) is 0. The molecule has 4 aromatic rings. The highest BCUT2D eigenvalue weighted by molar-refractivity contribution is 6.16. The van der Waals surface area contributed by atoms with Crippen molar-refractivity contribution in [2.24, 2.45) is 0 Å². The number of furan rings is 1. The van der Waals surface area contributed by atoms with Crippen LogP contribution in [0.2, 0.25) is 0 Å². The van der Waals surface area contributed by atoms with Gasteiger partial charge in [-0.25, -0.2) is 4.39 Å². The average molecular weight is 374 g/mol. The van der Waals surface area contributed by atoms with Gasteiger partial charge in [-0.15, -0.1) is 0 Å². The van der Waals surface area contributed by atoms with Crippen molar-refractivity contribution in [2.45, 2.75) is 0 Å². The van der Waals surface area contributed by atoms with Crippen molar-refractivity contribution in [2.75, 3.05) is 10.6 Å². The van der Waals surface area contributed by atoms with E-state index in [2.05, 4.69) is 10.6 Å². The monoisotopic (exact) mass is 374 g/mol. The molecule has 1 aromatic heterocycles. The van der Waals surface area contributed by atoms with Crippen molar-refractivity contribution in [3.05, 3.63) is 96.0 Å². The van der Waals surface area contributed by atoms with Crippen LogP contribution in [-0.2, 0) is 0 Å². The number of halogens is 1. The highest BCUT2D eigenvalue weighted by Crippen LogP contribution is 2.32. The van der Waals surface area contributed by atoms with Gasteiger partial charge in [0.15, 0.2) is 0 Å². The fourth-order valence-electron chi connectivity index (χ4n) is 2.87. The molecule has 138 valence electrons. The Labute approximate surface area is 159 Å². The Hall–Kier alpha value is -3.93. The molecule has 28 heavy (non-hydrogen) atoms. The minimum Gasteiger partial charge on any atom is -0.449 e. The van der Waals surface area contributed by atoms with Gasteiger partial charge in [-0.1, -0.05) is 42.5 Å². The van der Waals surface area contributed by atoms with Gasteiger partial charge in [0, 0.05) is 11.1 Å². The Bertz CT molecular complexity index is 1170. The predicted octanol–water partition coefficient (Wildman–Crippen LogP) is 5.08. The quantitative estimate of drug-likeness (QED) is 0.523. The van der Waals surface area contributed by atoms with Crippen LogP contribution < -0.4 is 10.6 Å². The molecular formula is C22H15FN2O3. The summed E-state index contributed by atoms with van der Waals surface area (Å²) in [4.78, 5) is 25.3. The van der Waals surface area contributed by atoms with E-state index >= 15 is 0 Å². The summed E-state index contributed by atoms with van der Waals surface area (Å²) in [7, 11) is 0. The summed E-state index contributed by atoms with van der Waals surface area (Å²) < 4.78 is 19.6. The zero-order valence-electron chi connectivity index (χ0n) is 14.6. The van der Waals surface area contributed by atoms with Crippen LogP contribution >= 0.6 is 0 Å². The molecule has 0 fully saturated rings. The number of benzene rings is 3. The van der Waals surface area contributed by atoms with Gasteiger partial charge in [-0.3, -0.25) is 9.59 Å². The van der Waals surface area contributed by atoms with Gasteiger partial charge in [0.05, 0.1) is 5.56 Å². The summed E-state index contributed by atoms with van der Waals surface area (Å²) >= 11 is 0. The number of carbonyl (C=O) groups excluding carboxylic acids is 2. The van der Waals surface area contributed by atoms with Gasteiger partial charge in [0.1, 0.15) is 17.1 Å². The maximum absolute atomic E-state index is 14.0. The molecule has 0 radical (unpaired) electrons. The van der Waals surface area contributed by atoms with Crippen LogP contribution in [-0.4, -0.2) is 11.8 Å². The average Bonchev–Trinajstić information content (AvgIpc) is 3.08. The molecule has 0 atom stereocenters. The zero-order valence-corrected chi connectivity index (χ0v) is 14.6. The first-order valence-electron chi connectivity index (χ1n) is 8.57. The number of anilines is 2. The van der Waals surface area contributed by atoms with Crippen LogP contribution in [0.25, 0.3) is 11.0 Å². The largest absolute Gasteiger partial charge is 0.449 e. The normalized spacial score (nSPS) is 10.6. The second-order valence-corrected chi connectivity index (χ2v) is 6.06. The number of rotatable bonds is 4. The smallest absolute Gasteiger partial charge is 0.293 e. The summed E-state index contributed by atoms with van der Waals surface area (Å²) in [6.45, 7) is 0. The Balaban J connectivity index is 1.72. The van der Waals surface area contributed by atoms with Crippen LogP contribution in [0.15, 0.2) is 83.3 Å². The molecule has 6 heteroatoms. The van der Waals surface area contributed by atoms with E-state index in [1.165, 1.54) is 18.2 Å². The number of fused-ring (bicyclic) bond motifs is 1. The lowest BCUT2D eigenvalue weighted by atomic mass is 10.1. The van der Waals surface area contributed by atoms with Gasteiger partial charge >= 0.3 is 0 Å². The van der Waals surface area contributed by atoms with E-state index in [4.69, 9.17) is 4.42 Å². The molecule has 3 aromatic carbocycles. The molecule has 0 aliphatic carbocycles. The second-order valence-electron chi connectivity index (χ2n) is 6.06. The fourth-order valence-corrected chi connectivity index (χ4v) is 2.87. The summed E-state index contributed by atoms with van der Waals surface area (Å²) in [6, 6.07) is 21.4. The SMILES string of the molecule is O=C(Nc1c(C(=O)Nc2ccccc2)oc2ccccc12)c1ccccc1F. The zero-order chi connectivity index (χ0) is 19.5. The number of hydrogen-bond donors (Lipinski definition) is 2. The fraction of sp³-hybridized carbons (Fsp3) is 0. The highest BCUT2D eigenvalue weighted by Gasteiger charge is 2.23. The molecule has 0 aliphatic rings. The molecular weight excluding hydrogens is 359 g/mol. The Kier molecular flexibility index (Phi) is 4.60. The first-order chi connectivity index (χ1) is 13.6. The van der Waals surface area contributed by atoms with Gasteiger partial charge < -0.3 is 15.1 Å². The molecule has 0 aliphatic heterocycles. The Morgan fingerprint density at radius 2 is 1.43 bits per heavy atom. The van der Waals surface area contributed by atoms with Crippen LogP contribution in [0.5, 0.6) is 0 Å². The van der Waals surface area contributed by atoms with E-state index in [0.29, 0.717) is 16.7 Å². The molecule has 5 nitrogen and oxygen atoms in total. The molecule has 2 N–H and O–H groups in total. The van der Waals surface area contributed by atoms with Gasteiger partial charge in [-0.05, 0) is 36.4 Å². The van der Waals surface area contributed by atoms with Crippen LogP contribution in [0.4, 0.5) is 15.8 Å². The van der Waals surface area contributed by atoms with Crippen molar-refractivity contribution >= 4 is 34.2 Å². The third-order valence-electron chi connectivity index (χ3n) is 4.19. The summed E-state index contributed by atoms with van der Waals surface area (Å²) in [5, 5.41) is 5.90. The highest BCUT2D eigenvalue weighted by atomic mass is 19.1. The van der Waals surface area contributed by atoms with E-state index < -0.39 is 17.6 Å². The second kappa shape index (κ2) is 7.36. The van der Waals surface area contributed by atoms with E-state index in [0.717, 1.165) is 0 Å². The predicted molar refractivity (Wildman–Crippen MR) is 105 cm³/mol. The van der Waals surface area contributed by atoms with Crippen LogP contribution in [0.1, 0.15) is 20.9 Å². The first-order valence-corrected chi connectivity index (χ1v) is 8.57. The maximum Gasteiger partial charge on any atom is 0.293 e. The minimum atomic E-state index is -0.668. The van der Waals surface area contributed by atoms with Gasteiger partial charge in [0.25, 0.3) is 11.8 Å². The molecule has 4 rings (SSSR count). The first kappa shape index (κ1) is 17.5. The molecule has 0 spiro atoms. The van der Waals surface area contributed by atoms with Gasteiger partial charge in [-0.2, -0.15) is 0 Å². The minimum absolute atomic E-state index is 0.0604. The lowest BCUT2D eigenvalue weighted by Crippen LogP contribution is -2.18. The topological polar surface area (TPSA) is 71.3 Å². The van der Waals surface area contributed by atoms with Crippen molar-refractivity contribution in [1.82, 2.24) is 0 Å². The Morgan fingerprint density at radius 1 is 0.750 bits per heavy atom. The molecule has 0 saturated carbocycles.